The Morgan fingerprint density at radius 3 is 2.79 bits per heavy atom. The molecule has 0 saturated carbocycles. The van der Waals surface area contributed by atoms with E-state index in [1.54, 1.807) is 12.4 Å². The van der Waals surface area contributed by atoms with Gasteiger partial charge in [-0.3, -0.25) is 9.59 Å². The van der Waals surface area contributed by atoms with Gasteiger partial charge < -0.3 is 9.88 Å². The van der Waals surface area contributed by atoms with Crippen molar-refractivity contribution in [3.8, 4) is 0 Å². The number of nitrogens with one attached hydrogen (secondary N) is 1. The minimum atomic E-state index is 0.00268. The van der Waals surface area contributed by atoms with Crippen LogP contribution in [0.2, 0.25) is 0 Å². The van der Waals surface area contributed by atoms with E-state index in [1.807, 2.05) is 4.90 Å². The van der Waals surface area contributed by atoms with Gasteiger partial charge in [-0.1, -0.05) is 27.4 Å². The Kier molecular flexibility index (Phi) is 6.20. The number of amides is 1. The molecule has 29 heavy (non-hydrogen) atoms. The van der Waals surface area contributed by atoms with Crippen LogP contribution >= 0.6 is 0 Å². The number of carbonyl (C=O) groups excluding carboxylic acids is 2. The molecule has 3 rings (SSSR count). The highest BCUT2D eigenvalue weighted by atomic mass is 16.2. The third-order valence-electron chi connectivity index (χ3n) is 5.77. The fraction of sp³-hybridized carbons (Fsp3) is 0.565. The third kappa shape index (κ3) is 5.11. The molecule has 0 bridgehead atoms. The van der Waals surface area contributed by atoms with Gasteiger partial charge in [0.1, 0.15) is 5.52 Å². The maximum atomic E-state index is 12.7. The molecule has 0 aliphatic carbocycles. The van der Waals surface area contributed by atoms with E-state index in [0.29, 0.717) is 29.1 Å². The van der Waals surface area contributed by atoms with Crippen LogP contribution in [0.15, 0.2) is 25.0 Å². The molecule has 1 fully saturated rings. The first-order chi connectivity index (χ1) is 13.7. The molecule has 1 amide bonds. The summed E-state index contributed by atoms with van der Waals surface area (Å²) < 4.78 is 0. The number of Topliss-reactive ketones (excluding diaryl/α,β-unsaturated/α-hetero) is 1. The molecule has 1 N–H and O–H groups in total. The molecule has 2 unspecified atom stereocenters. The van der Waals surface area contributed by atoms with Crippen molar-refractivity contribution in [2.45, 2.75) is 65.8 Å². The number of likely N-dealkylation sites (tertiary alicyclic amines) is 1. The quantitative estimate of drug-likeness (QED) is 0.582. The number of hydrogen-bond donors (Lipinski definition) is 1. The van der Waals surface area contributed by atoms with Crippen LogP contribution in [0.25, 0.3) is 11.2 Å². The van der Waals surface area contributed by atoms with Crippen molar-refractivity contribution in [1.82, 2.24) is 19.9 Å². The second kappa shape index (κ2) is 8.47. The Morgan fingerprint density at radius 1 is 1.38 bits per heavy atom. The molecule has 2 aromatic heterocycles. The van der Waals surface area contributed by atoms with E-state index in [2.05, 4.69) is 44.2 Å². The molecule has 1 aliphatic rings. The molecule has 0 aromatic carbocycles. The van der Waals surface area contributed by atoms with E-state index in [0.717, 1.165) is 37.9 Å². The zero-order valence-corrected chi connectivity index (χ0v) is 18.0. The van der Waals surface area contributed by atoms with E-state index in [4.69, 9.17) is 4.98 Å². The van der Waals surface area contributed by atoms with Gasteiger partial charge in [-0.15, -0.1) is 0 Å². The highest BCUT2D eigenvalue weighted by Gasteiger charge is 2.28. The number of nitrogens with zero attached hydrogens (tertiary/aromatic N) is 3. The van der Waals surface area contributed by atoms with Crippen molar-refractivity contribution in [2.24, 2.45) is 11.3 Å². The van der Waals surface area contributed by atoms with Gasteiger partial charge in [-0.2, -0.15) is 0 Å². The number of hydrogen-bond acceptors (Lipinski definition) is 4. The van der Waals surface area contributed by atoms with Gasteiger partial charge in [0.2, 0.25) is 5.91 Å². The summed E-state index contributed by atoms with van der Waals surface area (Å²) in [6.07, 6.45) is 8.96. The van der Waals surface area contributed by atoms with Gasteiger partial charge in [0.25, 0.3) is 0 Å². The first-order valence-electron chi connectivity index (χ1n) is 10.5. The van der Waals surface area contributed by atoms with Crippen LogP contribution in [0.5, 0.6) is 0 Å². The molecule has 1 saturated heterocycles. The number of rotatable bonds is 6. The van der Waals surface area contributed by atoms with Crippen LogP contribution in [0.4, 0.5) is 0 Å². The average Bonchev–Trinajstić information content (AvgIpc) is 3.08. The number of H-pyrrole nitrogens is 1. The number of ketones is 1. The van der Waals surface area contributed by atoms with Crippen LogP contribution in [0.3, 0.4) is 0 Å². The summed E-state index contributed by atoms with van der Waals surface area (Å²) in [4.78, 5) is 38.9. The van der Waals surface area contributed by atoms with E-state index in [9.17, 15) is 9.59 Å². The fourth-order valence-electron chi connectivity index (χ4n) is 4.06. The molecule has 6 nitrogen and oxygen atoms in total. The summed E-state index contributed by atoms with van der Waals surface area (Å²) in [7, 11) is 0. The van der Waals surface area contributed by atoms with Gasteiger partial charge in [0.05, 0.1) is 17.5 Å². The van der Waals surface area contributed by atoms with Crippen molar-refractivity contribution in [1.29, 1.82) is 0 Å². The summed E-state index contributed by atoms with van der Waals surface area (Å²) in [5, 5.41) is 0. The fourth-order valence-corrected chi connectivity index (χ4v) is 4.06. The lowest BCUT2D eigenvalue weighted by atomic mass is 9.88. The molecule has 156 valence electrons. The Balaban J connectivity index is 1.71. The highest BCUT2D eigenvalue weighted by molar-refractivity contribution is 6.05. The van der Waals surface area contributed by atoms with E-state index in [-0.39, 0.29) is 23.1 Å². The van der Waals surface area contributed by atoms with Gasteiger partial charge in [0, 0.05) is 25.2 Å². The van der Waals surface area contributed by atoms with Gasteiger partial charge in [-0.05, 0) is 50.0 Å². The standard InChI is InChI=1S/C23H32N4O2/c1-6-20(29)27-10-8-16(11-15(27)2)12-17-13-24-22-21(26-17)18(14-25-22)19(28)7-9-23(3,4)5/h6,13-16H,1,7-12H2,2-5H3,(H,24,25). The molecule has 2 aromatic rings. The molecule has 0 radical (unpaired) electrons. The number of fused-ring (bicyclic) bond motifs is 1. The maximum Gasteiger partial charge on any atom is 0.246 e. The molecule has 3 heterocycles. The second-order valence-corrected chi connectivity index (χ2v) is 9.42. The lowest BCUT2D eigenvalue weighted by Gasteiger charge is -2.37. The van der Waals surface area contributed by atoms with Crippen LogP contribution in [-0.2, 0) is 11.2 Å². The normalized spacial score (nSPS) is 20.1. The van der Waals surface area contributed by atoms with Crippen LogP contribution in [0.1, 0.15) is 69.4 Å². The molecule has 0 spiro atoms. The monoisotopic (exact) mass is 396 g/mol. The minimum absolute atomic E-state index is 0.00268. The Hall–Kier alpha value is -2.50. The molecule has 1 aliphatic heterocycles. The Bertz CT molecular complexity index is 909. The molecular weight excluding hydrogens is 364 g/mol. The van der Waals surface area contributed by atoms with Crippen molar-refractivity contribution < 1.29 is 9.59 Å². The number of aromatic amines is 1. The predicted molar refractivity (Wildman–Crippen MR) is 115 cm³/mol. The van der Waals surface area contributed by atoms with E-state index < -0.39 is 0 Å². The van der Waals surface area contributed by atoms with Crippen LogP contribution in [-0.4, -0.2) is 44.1 Å². The summed E-state index contributed by atoms with van der Waals surface area (Å²) in [6.45, 7) is 12.8. The van der Waals surface area contributed by atoms with Crippen molar-refractivity contribution in [3.05, 3.63) is 36.3 Å². The largest absolute Gasteiger partial charge is 0.344 e. The SMILES string of the molecule is C=CC(=O)N1CCC(Cc2cnc3[nH]cc(C(=O)CCC(C)(C)C)c3n2)CC1C. The second-order valence-electron chi connectivity index (χ2n) is 9.42. The zero-order valence-electron chi connectivity index (χ0n) is 18.0. The lowest BCUT2D eigenvalue weighted by molar-refractivity contribution is -0.129. The minimum Gasteiger partial charge on any atom is -0.344 e. The Morgan fingerprint density at radius 2 is 2.14 bits per heavy atom. The number of piperidine rings is 1. The summed E-state index contributed by atoms with van der Waals surface area (Å²) in [5.74, 6) is 0.565. The number of carbonyl (C=O) groups is 2. The zero-order chi connectivity index (χ0) is 21.2. The van der Waals surface area contributed by atoms with Crippen molar-refractivity contribution >= 4 is 22.9 Å². The Labute approximate surface area is 172 Å². The maximum absolute atomic E-state index is 12.7. The van der Waals surface area contributed by atoms with Crippen LogP contribution < -0.4 is 0 Å². The van der Waals surface area contributed by atoms with Crippen molar-refractivity contribution in [2.75, 3.05) is 6.54 Å². The lowest BCUT2D eigenvalue weighted by Crippen LogP contribution is -2.44. The molecule has 6 heteroatoms. The predicted octanol–water partition coefficient (Wildman–Crippen LogP) is 4.32. The third-order valence-corrected chi connectivity index (χ3v) is 5.77. The van der Waals surface area contributed by atoms with Crippen molar-refractivity contribution in [3.63, 3.8) is 0 Å². The summed E-state index contributed by atoms with van der Waals surface area (Å²) in [6, 6.07) is 0.192. The summed E-state index contributed by atoms with van der Waals surface area (Å²) >= 11 is 0. The smallest absolute Gasteiger partial charge is 0.246 e. The van der Waals surface area contributed by atoms with Gasteiger partial charge in [0.15, 0.2) is 11.4 Å². The molecular formula is C23H32N4O2. The molecule has 2 atom stereocenters. The summed E-state index contributed by atoms with van der Waals surface area (Å²) in [5.41, 5.74) is 3.00. The van der Waals surface area contributed by atoms with Crippen LogP contribution in [0, 0.1) is 11.3 Å². The first-order valence-corrected chi connectivity index (χ1v) is 10.5. The van der Waals surface area contributed by atoms with E-state index in [1.165, 1.54) is 6.08 Å². The topological polar surface area (TPSA) is 79.0 Å². The number of aromatic nitrogens is 3. The van der Waals surface area contributed by atoms with E-state index >= 15 is 0 Å². The average molecular weight is 397 g/mol. The van der Waals surface area contributed by atoms with Gasteiger partial charge >= 0.3 is 0 Å². The van der Waals surface area contributed by atoms with Gasteiger partial charge in [-0.25, -0.2) is 9.97 Å². The first kappa shape index (κ1) is 21.2. The highest BCUT2D eigenvalue weighted by Crippen LogP contribution is 2.27.